The van der Waals surface area contributed by atoms with Crippen LogP contribution in [-0.4, -0.2) is 37.2 Å². The standard InChI is InChI=1S/C24H28N2O3/c1-15(26-19-5-4-6-20(26)12-18(11-19)24(27)29-3)17-8-7-16-9-10-23(28-2)22(14-25)21(16)13-17/h7-10,13,15,18-20H,4-6,11-12H2,1-3H3. The van der Waals surface area contributed by atoms with Crippen LogP contribution in [0, 0.1) is 17.2 Å². The first-order valence-corrected chi connectivity index (χ1v) is 10.4. The second kappa shape index (κ2) is 8.04. The summed E-state index contributed by atoms with van der Waals surface area (Å²) in [4.78, 5) is 14.7. The molecule has 5 nitrogen and oxygen atoms in total. The zero-order chi connectivity index (χ0) is 20.5. The lowest BCUT2D eigenvalue weighted by molar-refractivity contribution is -0.150. The summed E-state index contributed by atoms with van der Waals surface area (Å²) in [5, 5.41) is 11.7. The van der Waals surface area contributed by atoms with Crippen molar-refractivity contribution in [1.82, 2.24) is 4.90 Å². The van der Waals surface area contributed by atoms with Gasteiger partial charge in [-0.2, -0.15) is 5.26 Å². The van der Waals surface area contributed by atoms with Gasteiger partial charge in [0.15, 0.2) is 0 Å². The van der Waals surface area contributed by atoms with Gasteiger partial charge in [-0.25, -0.2) is 0 Å². The normalized spacial score (nSPS) is 25.2. The molecule has 2 aromatic carbocycles. The minimum atomic E-state index is -0.0642. The Morgan fingerprint density at radius 2 is 1.86 bits per heavy atom. The molecule has 2 fully saturated rings. The fourth-order valence-electron chi connectivity index (χ4n) is 5.44. The molecule has 0 amide bonds. The van der Waals surface area contributed by atoms with Crippen molar-refractivity contribution in [1.29, 1.82) is 5.26 Å². The number of hydrogen-bond acceptors (Lipinski definition) is 5. The van der Waals surface area contributed by atoms with E-state index in [4.69, 9.17) is 9.47 Å². The molecule has 4 rings (SSSR count). The number of nitriles is 1. The lowest BCUT2D eigenvalue weighted by atomic mass is 9.77. The van der Waals surface area contributed by atoms with Gasteiger partial charge in [0.05, 0.1) is 20.1 Å². The van der Waals surface area contributed by atoms with Crippen molar-refractivity contribution in [2.75, 3.05) is 14.2 Å². The Labute approximate surface area is 172 Å². The van der Waals surface area contributed by atoms with E-state index in [1.807, 2.05) is 12.1 Å². The van der Waals surface area contributed by atoms with Crippen molar-refractivity contribution in [3.63, 3.8) is 0 Å². The fraction of sp³-hybridized carbons (Fsp3) is 0.500. The van der Waals surface area contributed by atoms with Crippen LogP contribution >= 0.6 is 0 Å². The molecule has 2 aromatic rings. The third kappa shape index (κ3) is 3.47. The van der Waals surface area contributed by atoms with Gasteiger partial charge >= 0.3 is 5.97 Å². The minimum absolute atomic E-state index is 0.0183. The second-order valence-corrected chi connectivity index (χ2v) is 8.29. The predicted molar refractivity (Wildman–Crippen MR) is 112 cm³/mol. The fourth-order valence-corrected chi connectivity index (χ4v) is 5.44. The molecule has 29 heavy (non-hydrogen) atoms. The van der Waals surface area contributed by atoms with E-state index in [0.29, 0.717) is 23.4 Å². The van der Waals surface area contributed by atoms with Crippen LogP contribution in [0.1, 0.15) is 56.2 Å². The summed E-state index contributed by atoms with van der Waals surface area (Å²) in [6.45, 7) is 2.25. The van der Waals surface area contributed by atoms with Crippen LogP contribution in [0.25, 0.3) is 10.8 Å². The van der Waals surface area contributed by atoms with Gasteiger partial charge in [-0.3, -0.25) is 9.69 Å². The second-order valence-electron chi connectivity index (χ2n) is 8.29. The van der Waals surface area contributed by atoms with Crippen molar-refractivity contribution in [2.24, 2.45) is 5.92 Å². The maximum absolute atomic E-state index is 12.1. The Balaban J connectivity index is 1.67. The molecule has 2 heterocycles. The average molecular weight is 392 g/mol. The van der Waals surface area contributed by atoms with E-state index >= 15 is 0 Å². The molecule has 3 atom stereocenters. The van der Waals surface area contributed by atoms with Gasteiger partial charge in [-0.05, 0) is 55.7 Å². The predicted octanol–water partition coefficient (Wildman–Crippen LogP) is 4.59. The van der Waals surface area contributed by atoms with E-state index in [-0.39, 0.29) is 17.9 Å². The van der Waals surface area contributed by atoms with E-state index in [1.54, 1.807) is 7.11 Å². The van der Waals surface area contributed by atoms with Crippen molar-refractivity contribution < 1.29 is 14.3 Å². The molecule has 0 saturated carbocycles. The Morgan fingerprint density at radius 1 is 1.17 bits per heavy atom. The summed E-state index contributed by atoms with van der Waals surface area (Å²) >= 11 is 0. The highest BCUT2D eigenvalue weighted by molar-refractivity contribution is 5.90. The molecule has 5 heteroatoms. The van der Waals surface area contributed by atoms with Gasteiger partial charge in [0, 0.05) is 23.5 Å². The summed E-state index contributed by atoms with van der Waals surface area (Å²) in [7, 11) is 3.09. The van der Waals surface area contributed by atoms with Crippen LogP contribution in [0.4, 0.5) is 0 Å². The number of carbonyl (C=O) groups is 1. The maximum Gasteiger partial charge on any atom is 0.308 e. The molecule has 2 saturated heterocycles. The Hall–Kier alpha value is -2.58. The number of rotatable bonds is 4. The Bertz CT molecular complexity index is 950. The number of fused-ring (bicyclic) bond motifs is 3. The lowest BCUT2D eigenvalue weighted by Crippen LogP contribution is -2.54. The number of ether oxygens (including phenoxy) is 2. The van der Waals surface area contributed by atoms with Crippen LogP contribution in [0.15, 0.2) is 30.3 Å². The first-order valence-electron chi connectivity index (χ1n) is 10.4. The lowest BCUT2D eigenvalue weighted by Gasteiger charge is -2.51. The van der Waals surface area contributed by atoms with Gasteiger partial charge in [0.1, 0.15) is 17.4 Å². The van der Waals surface area contributed by atoms with Crippen LogP contribution < -0.4 is 4.74 Å². The number of carbonyl (C=O) groups excluding carboxylic acids is 1. The monoisotopic (exact) mass is 392 g/mol. The quantitative estimate of drug-likeness (QED) is 0.712. The Kier molecular flexibility index (Phi) is 5.47. The third-order valence-electron chi connectivity index (χ3n) is 6.83. The van der Waals surface area contributed by atoms with Gasteiger partial charge in [-0.15, -0.1) is 0 Å². The first-order chi connectivity index (χ1) is 14.1. The van der Waals surface area contributed by atoms with E-state index in [9.17, 15) is 10.1 Å². The first kappa shape index (κ1) is 19.7. The molecular formula is C24H28N2O3. The summed E-state index contributed by atoms with van der Waals surface area (Å²) in [6, 6.07) is 13.6. The van der Waals surface area contributed by atoms with Crippen LogP contribution in [0.3, 0.4) is 0 Å². The third-order valence-corrected chi connectivity index (χ3v) is 6.83. The van der Waals surface area contributed by atoms with E-state index in [2.05, 4.69) is 36.1 Å². The van der Waals surface area contributed by atoms with Crippen LogP contribution in [-0.2, 0) is 9.53 Å². The molecule has 2 aliphatic heterocycles. The Morgan fingerprint density at radius 3 is 2.48 bits per heavy atom. The zero-order valence-corrected chi connectivity index (χ0v) is 17.4. The summed E-state index contributed by atoms with van der Waals surface area (Å²) in [5.41, 5.74) is 1.79. The molecule has 0 aliphatic carbocycles. The number of piperidine rings is 2. The van der Waals surface area contributed by atoms with E-state index in [1.165, 1.54) is 19.1 Å². The molecule has 0 aromatic heterocycles. The molecule has 0 radical (unpaired) electrons. The largest absolute Gasteiger partial charge is 0.495 e. The van der Waals surface area contributed by atoms with Crippen molar-refractivity contribution in [3.05, 3.63) is 41.5 Å². The molecule has 3 unspecified atom stereocenters. The van der Waals surface area contributed by atoms with Gasteiger partial charge < -0.3 is 9.47 Å². The average Bonchev–Trinajstić information content (AvgIpc) is 2.75. The van der Waals surface area contributed by atoms with Crippen molar-refractivity contribution >= 4 is 16.7 Å². The van der Waals surface area contributed by atoms with E-state index in [0.717, 1.165) is 36.5 Å². The molecule has 152 valence electrons. The van der Waals surface area contributed by atoms with Gasteiger partial charge in [0.2, 0.25) is 0 Å². The maximum atomic E-state index is 12.1. The SMILES string of the molecule is COC(=O)C1CC2CCCC(C1)N2C(C)c1ccc2ccc(OC)c(C#N)c2c1. The summed E-state index contributed by atoms with van der Waals surface area (Å²) in [6.07, 6.45) is 5.22. The smallest absolute Gasteiger partial charge is 0.308 e. The number of methoxy groups -OCH3 is 2. The zero-order valence-electron chi connectivity index (χ0n) is 17.4. The van der Waals surface area contributed by atoms with Crippen molar-refractivity contribution in [3.8, 4) is 11.8 Å². The number of hydrogen-bond donors (Lipinski definition) is 0. The van der Waals surface area contributed by atoms with Crippen molar-refractivity contribution in [2.45, 2.75) is 57.2 Å². The summed E-state index contributed by atoms with van der Waals surface area (Å²) in [5.74, 6) is 0.566. The highest BCUT2D eigenvalue weighted by atomic mass is 16.5. The molecular weight excluding hydrogens is 364 g/mol. The minimum Gasteiger partial charge on any atom is -0.495 e. The van der Waals surface area contributed by atoms with Crippen LogP contribution in [0.2, 0.25) is 0 Å². The molecule has 0 spiro atoms. The number of esters is 1. The van der Waals surface area contributed by atoms with Crippen LogP contribution in [0.5, 0.6) is 5.75 Å². The highest BCUT2D eigenvalue weighted by Crippen LogP contribution is 2.43. The van der Waals surface area contributed by atoms with E-state index < -0.39 is 0 Å². The molecule has 0 N–H and O–H groups in total. The molecule has 2 bridgehead atoms. The number of benzene rings is 2. The molecule has 2 aliphatic rings. The topological polar surface area (TPSA) is 62.6 Å². The number of nitrogens with zero attached hydrogens (tertiary/aromatic N) is 2. The van der Waals surface area contributed by atoms with Gasteiger partial charge in [0.25, 0.3) is 0 Å². The van der Waals surface area contributed by atoms with Gasteiger partial charge in [-0.1, -0.05) is 24.6 Å². The highest BCUT2D eigenvalue weighted by Gasteiger charge is 2.43. The summed E-state index contributed by atoms with van der Waals surface area (Å²) < 4.78 is 10.4.